The summed E-state index contributed by atoms with van der Waals surface area (Å²) in [5.74, 6) is 0.661. The molecule has 1 saturated heterocycles. The average molecular weight is 314 g/mol. The van der Waals surface area contributed by atoms with Crippen molar-refractivity contribution in [3.63, 3.8) is 0 Å². The second kappa shape index (κ2) is 7.37. The van der Waals surface area contributed by atoms with Crippen LogP contribution in [0.4, 0.5) is 0 Å². The summed E-state index contributed by atoms with van der Waals surface area (Å²) < 4.78 is 4.74. The Balaban J connectivity index is 1.52. The van der Waals surface area contributed by atoms with Gasteiger partial charge in [0.1, 0.15) is 0 Å². The third-order valence-corrected chi connectivity index (χ3v) is 4.36. The smallest absolute Gasteiger partial charge is 0.237 e. The fourth-order valence-corrected chi connectivity index (χ4v) is 2.88. The molecule has 1 atom stereocenters. The van der Waals surface area contributed by atoms with E-state index >= 15 is 0 Å². The number of hydrogen-bond acceptors (Lipinski definition) is 5. The van der Waals surface area contributed by atoms with Crippen molar-refractivity contribution < 1.29 is 9.32 Å². The first-order chi connectivity index (χ1) is 11.2. The van der Waals surface area contributed by atoms with E-state index < -0.39 is 0 Å². The molecule has 1 aromatic heterocycles. The van der Waals surface area contributed by atoms with Crippen molar-refractivity contribution in [3.8, 4) is 11.4 Å². The van der Waals surface area contributed by atoms with E-state index in [-0.39, 0.29) is 11.9 Å². The summed E-state index contributed by atoms with van der Waals surface area (Å²) in [7, 11) is 0. The number of carbonyl (C=O) groups is 1. The third kappa shape index (κ3) is 3.96. The van der Waals surface area contributed by atoms with E-state index in [2.05, 4.69) is 20.4 Å². The molecule has 1 aromatic carbocycles. The van der Waals surface area contributed by atoms with Gasteiger partial charge >= 0.3 is 0 Å². The molecule has 0 radical (unpaired) electrons. The molecular weight excluding hydrogens is 292 g/mol. The Morgan fingerprint density at radius 3 is 2.65 bits per heavy atom. The molecule has 1 fully saturated rings. The van der Waals surface area contributed by atoms with Crippen molar-refractivity contribution in [1.82, 2.24) is 20.4 Å². The Morgan fingerprint density at radius 1 is 1.26 bits per heavy atom. The monoisotopic (exact) mass is 314 g/mol. The average Bonchev–Trinajstić information content (AvgIpc) is 3.15. The zero-order chi connectivity index (χ0) is 16.1. The Hall–Kier alpha value is -2.21. The lowest BCUT2D eigenvalue weighted by Crippen LogP contribution is -2.46. The number of carbonyl (C=O) groups excluding carboxylic acids is 1. The molecule has 0 spiro atoms. The molecule has 1 aliphatic rings. The van der Waals surface area contributed by atoms with Crippen molar-refractivity contribution in [1.29, 1.82) is 0 Å². The van der Waals surface area contributed by atoms with E-state index in [4.69, 9.17) is 4.52 Å². The highest BCUT2D eigenvalue weighted by molar-refractivity contribution is 5.81. The van der Waals surface area contributed by atoms with Crippen LogP contribution in [0.25, 0.3) is 11.4 Å². The summed E-state index contributed by atoms with van der Waals surface area (Å²) in [6.07, 6.45) is 4.97. The number of nitrogens with one attached hydrogen (secondary N) is 1. The topological polar surface area (TPSA) is 71.3 Å². The SMILES string of the molecule is C[C@@H](C(=O)NCc1ccc(-c2ncon2)cc1)N1CCCCC1. The van der Waals surface area contributed by atoms with Gasteiger partial charge in [-0.05, 0) is 38.4 Å². The maximum Gasteiger partial charge on any atom is 0.237 e. The number of amides is 1. The van der Waals surface area contributed by atoms with E-state index in [0.717, 1.165) is 24.2 Å². The molecule has 6 nitrogen and oxygen atoms in total. The maximum absolute atomic E-state index is 12.3. The van der Waals surface area contributed by atoms with Gasteiger partial charge in [0.2, 0.25) is 18.1 Å². The lowest BCUT2D eigenvalue weighted by Gasteiger charge is -2.31. The van der Waals surface area contributed by atoms with Gasteiger partial charge in [0, 0.05) is 12.1 Å². The summed E-state index contributed by atoms with van der Waals surface area (Å²) >= 11 is 0. The number of aromatic nitrogens is 2. The van der Waals surface area contributed by atoms with Crippen LogP contribution in [-0.4, -0.2) is 40.1 Å². The van der Waals surface area contributed by atoms with Gasteiger partial charge < -0.3 is 9.84 Å². The van der Waals surface area contributed by atoms with Crippen LogP contribution in [0.5, 0.6) is 0 Å². The molecule has 23 heavy (non-hydrogen) atoms. The van der Waals surface area contributed by atoms with E-state index in [1.807, 2.05) is 31.2 Å². The lowest BCUT2D eigenvalue weighted by atomic mass is 10.1. The van der Waals surface area contributed by atoms with Crippen molar-refractivity contribution in [2.24, 2.45) is 0 Å². The van der Waals surface area contributed by atoms with Crippen LogP contribution >= 0.6 is 0 Å². The summed E-state index contributed by atoms with van der Waals surface area (Å²) in [6.45, 7) is 4.56. The van der Waals surface area contributed by atoms with Crippen LogP contribution in [0.3, 0.4) is 0 Å². The van der Waals surface area contributed by atoms with E-state index in [9.17, 15) is 4.79 Å². The van der Waals surface area contributed by atoms with E-state index in [1.165, 1.54) is 25.7 Å². The minimum atomic E-state index is -0.0612. The van der Waals surface area contributed by atoms with Crippen molar-refractivity contribution in [3.05, 3.63) is 36.2 Å². The Labute approximate surface area is 135 Å². The number of piperidine rings is 1. The second-order valence-corrected chi connectivity index (χ2v) is 5.94. The van der Waals surface area contributed by atoms with Gasteiger partial charge in [0.05, 0.1) is 6.04 Å². The molecule has 6 heteroatoms. The number of likely N-dealkylation sites (tertiary alicyclic amines) is 1. The molecule has 1 amide bonds. The standard InChI is InChI=1S/C17H22N4O2/c1-13(21-9-3-2-4-10-21)17(22)18-11-14-5-7-15(8-6-14)16-19-12-23-20-16/h5-8,12-13H,2-4,9-11H2,1H3,(H,18,22)/t13-/m0/s1. The van der Waals surface area contributed by atoms with Gasteiger partial charge in [0.15, 0.2) is 0 Å². The fourth-order valence-electron chi connectivity index (χ4n) is 2.88. The van der Waals surface area contributed by atoms with Crippen LogP contribution in [0.2, 0.25) is 0 Å². The highest BCUT2D eigenvalue weighted by Crippen LogP contribution is 2.15. The third-order valence-electron chi connectivity index (χ3n) is 4.36. The summed E-state index contributed by atoms with van der Waals surface area (Å²) in [4.78, 5) is 18.6. The molecule has 2 heterocycles. The molecule has 0 unspecified atom stereocenters. The summed E-state index contributed by atoms with van der Waals surface area (Å²) in [5.41, 5.74) is 1.95. The normalized spacial score (nSPS) is 16.9. The first-order valence-electron chi connectivity index (χ1n) is 8.11. The first-order valence-corrected chi connectivity index (χ1v) is 8.11. The largest absolute Gasteiger partial charge is 0.351 e. The minimum Gasteiger partial charge on any atom is -0.351 e. The van der Waals surface area contributed by atoms with Crippen LogP contribution < -0.4 is 5.32 Å². The van der Waals surface area contributed by atoms with Crippen molar-refractivity contribution in [2.75, 3.05) is 13.1 Å². The summed E-state index contributed by atoms with van der Waals surface area (Å²) in [6, 6.07) is 7.74. The predicted octanol–water partition coefficient (Wildman–Crippen LogP) is 2.23. The number of hydrogen-bond donors (Lipinski definition) is 1. The quantitative estimate of drug-likeness (QED) is 0.916. The van der Waals surface area contributed by atoms with Crippen LogP contribution in [0.1, 0.15) is 31.7 Å². The molecule has 0 bridgehead atoms. The van der Waals surface area contributed by atoms with Crippen LogP contribution in [-0.2, 0) is 11.3 Å². The highest BCUT2D eigenvalue weighted by Gasteiger charge is 2.22. The van der Waals surface area contributed by atoms with Gasteiger partial charge in [-0.1, -0.05) is 35.8 Å². The highest BCUT2D eigenvalue weighted by atomic mass is 16.5. The number of rotatable bonds is 5. The zero-order valence-corrected chi connectivity index (χ0v) is 13.4. The van der Waals surface area contributed by atoms with Gasteiger partial charge in [-0.15, -0.1) is 0 Å². The van der Waals surface area contributed by atoms with Gasteiger partial charge in [-0.25, -0.2) is 0 Å². The Kier molecular flexibility index (Phi) is 5.02. The second-order valence-electron chi connectivity index (χ2n) is 5.94. The Morgan fingerprint density at radius 2 is 2.00 bits per heavy atom. The molecule has 1 aliphatic heterocycles. The van der Waals surface area contributed by atoms with Gasteiger partial charge in [-0.2, -0.15) is 4.98 Å². The minimum absolute atomic E-state index is 0.0612. The van der Waals surface area contributed by atoms with Crippen LogP contribution in [0, 0.1) is 0 Å². The molecule has 2 aromatic rings. The lowest BCUT2D eigenvalue weighted by molar-refractivity contribution is -0.126. The first kappa shape index (κ1) is 15.7. The molecule has 0 aliphatic carbocycles. The zero-order valence-electron chi connectivity index (χ0n) is 13.4. The van der Waals surface area contributed by atoms with Gasteiger partial charge in [0.25, 0.3) is 0 Å². The fraction of sp³-hybridized carbons (Fsp3) is 0.471. The van der Waals surface area contributed by atoms with E-state index in [0.29, 0.717) is 12.4 Å². The number of nitrogens with zero attached hydrogens (tertiary/aromatic N) is 3. The number of benzene rings is 1. The predicted molar refractivity (Wildman–Crippen MR) is 86.5 cm³/mol. The molecular formula is C17H22N4O2. The van der Waals surface area contributed by atoms with Crippen molar-refractivity contribution in [2.45, 2.75) is 38.8 Å². The van der Waals surface area contributed by atoms with Gasteiger partial charge in [-0.3, -0.25) is 9.69 Å². The molecule has 122 valence electrons. The molecule has 1 N–H and O–H groups in total. The Bertz CT molecular complexity index is 619. The molecule has 3 rings (SSSR count). The summed E-state index contributed by atoms with van der Waals surface area (Å²) in [5, 5.41) is 6.82. The maximum atomic E-state index is 12.3. The van der Waals surface area contributed by atoms with Crippen LogP contribution in [0.15, 0.2) is 35.2 Å². The van der Waals surface area contributed by atoms with Crippen molar-refractivity contribution >= 4 is 5.91 Å². The van der Waals surface area contributed by atoms with E-state index in [1.54, 1.807) is 0 Å². The molecule has 0 saturated carbocycles.